The van der Waals surface area contributed by atoms with Crippen LogP contribution in [0.15, 0.2) is 70.0 Å². The second-order valence-corrected chi connectivity index (χ2v) is 12.4. The lowest BCUT2D eigenvalue weighted by Crippen LogP contribution is -2.41. The lowest BCUT2D eigenvalue weighted by Gasteiger charge is -2.36. The maximum absolute atomic E-state index is 13.7. The molecule has 0 radical (unpaired) electrons. The van der Waals surface area contributed by atoms with E-state index in [9.17, 15) is 23.3 Å². The van der Waals surface area contributed by atoms with E-state index in [0.717, 1.165) is 32.0 Å². The van der Waals surface area contributed by atoms with E-state index in [1.165, 1.54) is 16.4 Å². The number of anilines is 1. The molecule has 1 unspecified atom stereocenters. The van der Waals surface area contributed by atoms with Gasteiger partial charge in [0, 0.05) is 13.1 Å². The number of unbranched alkanes of at least 4 members (excludes halogenated alkanes) is 2. The van der Waals surface area contributed by atoms with Crippen molar-refractivity contribution in [1.29, 1.82) is 5.26 Å². The minimum atomic E-state index is -4.06. The van der Waals surface area contributed by atoms with Gasteiger partial charge in [-0.15, -0.1) is 0 Å². The molecule has 43 heavy (non-hydrogen) atoms. The van der Waals surface area contributed by atoms with Gasteiger partial charge in [-0.1, -0.05) is 80.2 Å². The Labute approximate surface area is 262 Å². The fourth-order valence-electron chi connectivity index (χ4n) is 4.81. The first-order valence-electron chi connectivity index (χ1n) is 13.6. The molecule has 0 aromatic heterocycles. The summed E-state index contributed by atoms with van der Waals surface area (Å²) >= 11 is 13.3. The van der Waals surface area contributed by atoms with Crippen molar-refractivity contribution in [2.75, 3.05) is 32.2 Å². The fourth-order valence-corrected chi connectivity index (χ4v) is 7.16. The number of carbonyl (C=O) groups is 2. The van der Waals surface area contributed by atoms with Crippen LogP contribution in [0.4, 0.5) is 5.69 Å². The summed E-state index contributed by atoms with van der Waals surface area (Å²) in [5.41, 5.74) is 6.33. The first kappa shape index (κ1) is 33.9. The van der Waals surface area contributed by atoms with Gasteiger partial charge in [0.1, 0.15) is 16.4 Å². The number of hydrogen-bond acceptors (Lipinski definition) is 9. The summed E-state index contributed by atoms with van der Waals surface area (Å²) < 4.78 is 38.9. The van der Waals surface area contributed by atoms with E-state index in [2.05, 4.69) is 6.07 Å². The molecule has 0 fully saturated rings. The van der Waals surface area contributed by atoms with Crippen molar-refractivity contribution in [3.05, 3.63) is 80.7 Å². The Kier molecular flexibility index (Phi) is 11.6. The number of nitriles is 1. The number of ether oxygens (including phenoxy) is 2. The smallest absolute Gasteiger partial charge is 0.355 e. The molecule has 0 amide bonds. The highest BCUT2D eigenvalue weighted by molar-refractivity contribution is 7.89. The van der Waals surface area contributed by atoms with Crippen LogP contribution in [0.25, 0.3) is 0 Å². The Hall–Kier alpha value is -3.56. The molecule has 0 spiro atoms. The number of hydrogen-bond donors (Lipinski definition) is 1. The summed E-state index contributed by atoms with van der Waals surface area (Å²) in [6.07, 6.45) is 2.90. The number of allylic oxidation sites excluding steroid dienone is 1. The predicted molar refractivity (Wildman–Crippen MR) is 165 cm³/mol. The van der Waals surface area contributed by atoms with Crippen molar-refractivity contribution < 1.29 is 27.5 Å². The zero-order chi connectivity index (χ0) is 31.9. The monoisotopic (exact) mass is 648 g/mol. The van der Waals surface area contributed by atoms with Crippen LogP contribution in [0.3, 0.4) is 0 Å². The number of halogens is 2. The van der Waals surface area contributed by atoms with Crippen molar-refractivity contribution >= 4 is 50.9 Å². The summed E-state index contributed by atoms with van der Waals surface area (Å²) in [4.78, 5) is 27.5. The van der Waals surface area contributed by atoms with Gasteiger partial charge in [-0.3, -0.25) is 4.90 Å². The second kappa shape index (κ2) is 14.8. The average molecular weight is 650 g/mol. The summed E-state index contributed by atoms with van der Waals surface area (Å²) in [6.45, 7) is 4.54. The van der Waals surface area contributed by atoms with Gasteiger partial charge in [-0.25, -0.2) is 18.0 Å². The summed E-state index contributed by atoms with van der Waals surface area (Å²) in [6, 6.07) is 13.0. The molecule has 1 heterocycles. The van der Waals surface area contributed by atoms with E-state index in [-0.39, 0.29) is 43.3 Å². The molecule has 2 aromatic rings. The van der Waals surface area contributed by atoms with E-state index < -0.39 is 27.9 Å². The molecule has 1 aliphatic rings. The minimum absolute atomic E-state index is 0.0437. The zero-order valence-corrected chi connectivity index (χ0v) is 26.7. The van der Waals surface area contributed by atoms with Crippen molar-refractivity contribution in [1.82, 2.24) is 4.31 Å². The van der Waals surface area contributed by atoms with Crippen LogP contribution in [-0.2, 0) is 29.1 Å². The van der Waals surface area contributed by atoms with Gasteiger partial charge < -0.3 is 15.2 Å². The second-order valence-electron chi connectivity index (χ2n) is 9.68. The highest BCUT2D eigenvalue weighted by Crippen LogP contribution is 2.46. The Morgan fingerprint density at radius 2 is 1.58 bits per heavy atom. The van der Waals surface area contributed by atoms with Gasteiger partial charge in [0.2, 0.25) is 10.0 Å². The van der Waals surface area contributed by atoms with E-state index in [0.29, 0.717) is 31.5 Å². The molecule has 0 saturated heterocycles. The standard InChI is InChI=1S/C30H34Cl2N4O6S/c1-5-7-14-35(15-8-6-2)43(39,40)24-17-21(31)23(16-22(24)32)36-27(30(38)42-4)26(29(37)41-3)25(20(18-33)28(36)34)19-12-10-9-11-13-19/h9-13,16-17,25H,5-8,14-15,34H2,1-4H3. The highest BCUT2D eigenvalue weighted by atomic mass is 35.5. The number of methoxy groups -OCH3 is 2. The molecule has 2 N–H and O–H groups in total. The van der Waals surface area contributed by atoms with Gasteiger partial charge in [0.25, 0.3) is 0 Å². The van der Waals surface area contributed by atoms with Gasteiger partial charge >= 0.3 is 11.9 Å². The molecule has 0 aliphatic carbocycles. The average Bonchev–Trinajstić information content (AvgIpc) is 3.00. The van der Waals surface area contributed by atoms with Crippen LogP contribution >= 0.6 is 23.2 Å². The van der Waals surface area contributed by atoms with Crippen molar-refractivity contribution in [3.63, 3.8) is 0 Å². The molecular formula is C30H34Cl2N4O6S. The largest absolute Gasteiger partial charge is 0.466 e. The molecule has 0 bridgehead atoms. The quantitative estimate of drug-likeness (QED) is 0.296. The van der Waals surface area contributed by atoms with Crippen LogP contribution in [0.5, 0.6) is 0 Å². The summed E-state index contributed by atoms with van der Waals surface area (Å²) in [5.74, 6) is -3.20. The Balaban J connectivity index is 2.32. The highest BCUT2D eigenvalue weighted by Gasteiger charge is 2.44. The van der Waals surface area contributed by atoms with Gasteiger partial charge in [-0.2, -0.15) is 9.57 Å². The Morgan fingerprint density at radius 1 is 1.00 bits per heavy atom. The molecular weight excluding hydrogens is 615 g/mol. The molecule has 230 valence electrons. The number of carbonyl (C=O) groups excluding carboxylic acids is 2. The van der Waals surface area contributed by atoms with E-state index in [1.54, 1.807) is 30.3 Å². The minimum Gasteiger partial charge on any atom is -0.466 e. The first-order valence-corrected chi connectivity index (χ1v) is 15.8. The molecule has 13 heteroatoms. The van der Waals surface area contributed by atoms with Crippen LogP contribution < -0.4 is 10.6 Å². The van der Waals surface area contributed by atoms with E-state index in [1.807, 2.05) is 13.8 Å². The van der Waals surface area contributed by atoms with E-state index >= 15 is 0 Å². The van der Waals surface area contributed by atoms with Crippen LogP contribution in [0.2, 0.25) is 10.0 Å². The molecule has 10 nitrogen and oxygen atoms in total. The van der Waals surface area contributed by atoms with Gasteiger partial charge in [0.15, 0.2) is 0 Å². The van der Waals surface area contributed by atoms with Crippen molar-refractivity contribution in [3.8, 4) is 6.07 Å². The number of esters is 2. The predicted octanol–water partition coefficient (Wildman–Crippen LogP) is 5.48. The van der Waals surface area contributed by atoms with E-state index in [4.69, 9.17) is 38.4 Å². The van der Waals surface area contributed by atoms with Gasteiger partial charge in [-0.05, 0) is 30.5 Å². The third-order valence-corrected chi connectivity index (χ3v) is 9.66. The molecule has 3 rings (SSSR count). The molecule has 1 aliphatic heterocycles. The molecule has 0 saturated carbocycles. The Bertz CT molecular complexity index is 1580. The maximum Gasteiger partial charge on any atom is 0.355 e. The number of nitrogens with two attached hydrogens (primary N) is 1. The number of rotatable bonds is 12. The van der Waals surface area contributed by atoms with Crippen molar-refractivity contribution in [2.24, 2.45) is 5.73 Å². The maximum atomic E-state index is 13.7. The SMILES string of the molecule is CCCCN(CCCC)S(=O)(=O)c1cc(Cl)c(N2C(N)=C(C#N)C(c3ccccc3)C(C(=O)OC)=C2C(=O)OC)cc1Cl. The topological polar surface area (TPSA) is 143 Å². The molecule has 1 atom stereocenters. The number of sulfonamides is 1. The first-order chi connectivity index (χ1) is 20.5. The summed E-state index contributed by atoms with van der Waals surface area (Å²) in [5, 5.41) is 9.89. The summed E-state index contributed by atoms with van der Waals surface area (Å²) in [7, 11) is -1.81. The number of benzene rings is 2. The number of nitrogens with zero attached hydrogens (tertiary/aromatic N) is 3. The third kappa shape index (κ3) is 6.83. The zero-order valence-electron chi connectivity index (χ0n) is 24.4. The van der Waals surface area contributed by atoms with Crippen LogP contribution in [-0.4, -0.2) is 52.0 Å². The van der Waals surface area contributed by atoms with Crippen LogP contribution in [0.1, 0.15) is 51.0 Å². The third-order valence-electron chi connectivity index (χ3n) is 6.99. The van der Waals surface area contributed by atoms with Crippen molar-refractivity contribution in [2.45, 2.75) is 50.3 Å². The lowest BCUT2D eigenvalue weighted by atomic mass is 9.81. The fraction of sp³-hybridized carbons (Fsp3) is 0.367. The molecule has 2 aromatic carbocycles. The lowest BCUT2D eigenvalue weighted by molar-refractivity contribution is -0.139. The Morgan fingerprint density at radius 3 is 2.09 bits per heavy atom. The normalized spacial score (nSPS) is 15.5. The van der Waals surface area contributed by atoms with Gasteiger partial charge in [0.05, 0.1) is 53.1 Å². The van der Waals surface area contributed by atoms with Crippen LogP contribution in [0, 0.1) is 11.3 Å².